The molecule has 3 rings (SSSR count). The number of nitrogens with one attached hydrogen (secondary N) is 5. The number of aromatic amines is 2. The highest BCUT2D eigenvalue weighted by molar-refractivity contribution is 5.95. The fourth-order valence-electron chi connectivity index (χ4n) is 4.33. The number of fused-ring (bicyclic) bond motifs is 1. The first kappa shape index (κ1) is 32.3. The van der Waals surface area contributed by atoms with Crippen LogP contribution >= 0.6 is 0 Å². The maximum absolute atomic E-state index is 13.4. The lowest BCUT2D eigenvalue weighted by Gasteiger charge is -2.25. The fraction of sp³-hybridized carbons (Fsp3) is 0.370. The number of H-pyrrole nitrogens is 2. The number of primary amides is 1. The van der Waals surface area contributed by atoms with Gasteiger partial charge in [-0.05, 0) is 24.5 Å². The van der Waals surface area contributed by atoms with E-state index in [-0.39, 0.29) is 38.5 Å². The van der Waals surface area contributed by atoms with Crippen LogP contribution in [0.5, 0.6) is 0 Å². The molecule has 0 saturated heterocycles. The van der Waals surface area contributed by atoms with Crippen molar-refractivity contribution < 1.29 is 39.0 Å². The molecule has 4 unspecified atom stereocenters. The maximum Gasteiger partial charge on any atom is 0.326 e. The molecule has 0 aliphatic rings. The average Bonchev–Trinajstić information content (AvgIpc) is 3.62. The normalized spacial score (nSPS) is 13.8. The number of para-hydroxylation sites is 1. The predicted molar refractivity (Wildman–Crippen MR) is 151 cm³/mol. The van der Waals surface area contributed by atoms with Crippen LogP contribution in [0.2, 0.25) is 0 Å². The minimum atomic E-state index is -1.40. The van der Waals surface area contributed by atoms with Crippen LogP contribution in [0.15, 0.2) is 43.0 Å². The molecule has 2 heterocycles. The van der Waals surface area contributed by atoms with Crippen molar-refractivity contribution >= 4 is 46.5 Å². The molecule has 0 fully saturated rings. The van der Waals surface area contributed by atoms with Gasteiger partial charge in [-0.15, -0.1) is 0 Å². The van der Waals surface area contributed by atoms with Gasteiger partial charge >= 0.3 is 11.9 Å². The number of aliphatic carboxylic acids is 2. The fourth-order valence-corrected chi connectivity index (χ4v) is 4.33. The summed E-state index contributed by atoms with van der Waals surface area (Å²) >= 11 is 0. The standard InChI is InChI=1S/C27H34N8O8/c28-17(5-8-23(37)38)24(39)34-20(10-15-12-30-13-32-15)26(41)33-19(6-7-22(29)36)25(40)35-21(27(42)43)9-14-11-31-18-4-2-1-3-16(14)18/h1-4,11-13,17,19-21,31H,5-10,28H2,(H2,29,36)(H,30,32)(H,33,41)(H,34,39)(H,35,40)(H,37,38)(H,42,43). The lowest BCUT2D eigenvalue weighted by Crippen LogP contribution is -2.58. The van der Waals surface area contributed by atoms with E-state index in [1.165, 1.54) is 12.5 Å². The maximum atomic E-state index is 13.4. The average molecular weight is 599 g/mol. The molecular formula is C27H34N8O8. The van der Waals surface area contributed by atoms with Gasteiger partial charge in [0, 0.05) is 54.7 Å². The molecule has 2 aromatic heterocycles. The van der Waals surface area contributed by atoms with Gasteiger partial charge in [-0.3, -0.25) is 24.0 Å². The van der Waals surface area contributed by atoms with E-state index in [1.807, 2.05) is 12.1 Å². The number of benzene rings is 1. The molecule has 0 spiro atoms. The molecule has 0 radical (unpaired) electrons. The topological polar surface area (TPSA) is 275 Å². The monoisotopic (exact) mass is 598 g/mol. The SMILES string of the molecule is NC(=O)CCC(NC(=O)C(Cc1cnc[nH]1)NC(=O)C(N)CCC(=O)O)C(=O)NC(Cc1c[nH]c2ccccc12)C(=O)O. The molecule has 0 saturated carbocycles. The second kappa shape index (κ2) is 15.1. The van der Waals surface area contributed by atoms with E-state index in [4.69, 9.17) is 16.6 Å². The zero-order valence-corrected chi connectivity index (χ0v) is 23.0. The summed E-state index contributed by atoms with van der Waals surface area (Å²) in [6.45, 7) is 0. The Kier molecular flexibility index (Phi) is 11.3. The van der Waals surface area contributed by atoms with Crippen molar-refractivity contribution in [2.75, 3.05) is 0 Å². The van der Waals surface area contributed by atoms with Gasteiger partial charge in [0.05, 0.1) is 12.4 Å². The van der Waals surface area contributed by atoms with Gasteiger partial charge in [-0.25, -0.2) is 9.78 Å². The van der Waals surface area contributed by atoms with Crippen molar-refractivity contribution in [1.29, 1.82) is 0 Å². The zero-order valence-electron chi connectivity index (χ0n) is 23.0. The van der Waals surface area contributed by atoms with Crippen LogP contribution in [0.1, 0.15) is 36.9 Å². The van der Waals surface area contributed by atoms with Crippen LogP contribution < -0.4 is 27.4 Å². The van der Waals surface area contributed by atoms with E-state index in [0.29, 0.717) is 11.3 Å². The van der Waals surface area contributed by atoms with E-state index in [0.717, 1.165) is 10.9 Å². The van der Waals surface area contributed by atoms with Crippen molar-refractivity contribution in [2.24, 2.45) is 11.5 Å². The van der Waals surface area contributed by atoms with Crippen molar-refractivity contribution in [3.63, 3.8) is 0 Å². The molecule has 16 nitrogen and oxygen atoms in total. The molecule has 4 amide bonds. The number of hydrogen-bond acceptors (Lipinski definition) is 8. The predicted octanol–water partition coefficient (Wildman–Crippen LogP) is -1.33. The van der Waals surface area contributed by atoms with E-state index in [1.54, 1.807) is 18.3 Å². The summed E-state index contributed by atoms with van der Waals surface area (Å²) in [4.78, 5) is 83.5. The first-order valence-electron chi connectivity index (χ1n) is 13.4. The number of nitrogens with two attached hydrogens (primary N) is 2. The molecule has 0 aliphatic heterocycles. The lowest BCUT2D eigenvalue weighted by molar-refractivity contribution is -0.142. The third-order valence-electron chi connectivity index (χ3n) is 6.64. The highest BCUT2D eigenvalue weighted by Crippen LogP contribution is 2.19. The molecule has 0 aliphatic carbocycles. The molecule has 3 aromatic rings. The summed E-state index contributed by atoms with van der Waals surface area (Å²) in [5.41, 5.74) is 12.9. The van der Waals surface area contributed by atoms with E-state index in [2.05, 4.69) is 30.9 Å². The Labute approximate surface area is 245 Å². The number of rotatable bonds is 17. The number of carboxylic acid groups (broad SMARTS) is 2. The summed E-state index contributed by atoms with van der Waals surface area (Å²) in [6, 6.07) is 1.92. The summed E-state index contributed by atoms with van der Waals surface area (Å²) in [5.74, 6) is -5.76. The number of carbonyl (C=O) groups excluding carboxylic acids is 4. The Bertz CT molecular complexity index is 1450. The molecule has 230 valence electrons. The Morgan fingerprint density at radius 3 is 2.16 bits per heavy atom. The number of amides is 4. The van der Waals surface area contributed by atoms with Gasteiger partial charge in [0.15, 0.2) is 0 Å². The minimum Gasteiger partial charge on any atom is -0.481 e. The number of aromatic nitrogens is 3. The number of imidazole rings is 1. The van der Waals surface area contributed by atoms with Crippen molar-refractivity contribution in [2.45, 2.75) is 62.7 Å². The molecule has 43 heavy (non-hydrogen) atoms. The highest BCUT2D eigenvalue weighted by Gasteiger charge is 2.31. The minimum absolute atomic E-state index is 0.0751. The summed E-state index contributed by atoms with van der Waals surface area (Å²) < 4.78 is 0. The zero-order chi connectivity index (χ0) is 31.5. The molecule has 0 bridgehead atoms. The Hall–Kier alpha value is -5.25. The summed E-state index contributed by atoms with van der Waals surface area (Å²) in [7, 11) is 0. The van der Waals surface area contributed by atoms with Crippen LogP contribution in [0.4, 0.5) is 0 Å². The van der Waals surface area contributed by atoms with E-state index >= 15 is 0 Å². The number of hydrogen-bond donors (Lipinski definition) is 9. The van der Waals surface area contributed by atoms with Gasteiger partial charge in [0.2, 0.25) is 23.6 Å². The van der Waals surface area contributed by atoms with E-state index in [9.17, 15) is 33.9 Å². The third-order valence-corrected chi connectivity index (χ3v) is 6.64. The van der Waals surface area contributed by atoms with Gasteiger partial charge in [0.1, 0.15) is 18.1 Å². The van der Waals surface area contributed by atoms with Crippen molar-refractivity contribution in [1.82, 2.24) is 30.9 Å². The highest BCUT2D eigenvalue weighted by atomic mass is 16.4. The van der Waals surface area contributed by atoms with Crippen molar-refractivity contribution in [3.8, 4) is 0 Å². The van der Waals surface area contributed by atoms with Crippen LogP contribution in [-0.2, 0) is 41.6 Å². The Morgan fingerprint density at radius 2 is 1.51 bits per heavy atom. The van der Waals surface area contributed by atoms with E-state index < -0.39 is 59.7 Å². The van der Waals surface area contributed by atoms with Crippen LogP contribution in [0.3, 0.4) is 0 Å². The molecule has 16 heteroatoms. The van der Waals surface area contributed by atoms with Crippen LogP contribution in [0.25, 0.3) is 10.9 Å². The second-order valence-electron chi connectivity index (χ2n) is 9.91. The third kappa shape index (κ3) is 9.67. The van der Waals surface area contributed by atoms with Gasteiger partial charge in [-0.1, -0.05) is 18.2 Å². The largest absolute Gasteiger partial charge is 0.481 e. The van der Waals surface area contributed by atoms with Gasteiger partial charge in [-0.2, -0.15) is 0 Å². The Morgan fingerprint density at radius 1 is 0.837 bits per heavy atom. The van der Waals surface area contributed by atoms with Crippen LogP contribution in [0, 0.1) is 0 Å². The number of nitrogens with zero attached hydrogens (tertiary/aromatic N) is 1. The molecule has 1 aromatic carbocycles. The Balaban J connectivity index is 1.77. The number of carboxylic acids is 2. The van der Waals surface area contributed by atoms with Gasteiger partial charge in [0.25, 0.3) is 0 Å². The smallest absolute Gasteiger partial charge is 0.326 e. The quantitative estimate of drug-likeness (QED) is 0.0883. The second-order valence-corrected chi connectivity index (χ2v) is 9.91. The number of carbonyl (C=O) groups is 6. The first-order chi connectivity index (χ1) is 20.4. The molecule has 4 atom stereocenters. The van der Waals surface area contributed by atoms with Crippen LogP contribution in [-0.4, -0.2) is 84.9 Å². The van der Waals surface area contributed by atoms with Crippen molar-refractivity contribution in [3.05, 3.63) is 54.2 Å². The lowest BCUT2D eigenvalue weighted by atomic mass is 10.0. The molecule has 11 N–H and O–H groups in total. The van der Waals surface area contributed by atoms with Gasteiger partial charge < -0.3 is 47.6 Å². The summed E-state index contributed by atoms with van der Waals surface area (Å²) in [6.07, 6.45) is 3.11. The summed E-state index contributed by atoms with van der Waals surface area (Å²) in [5, 5.41) is 26.8. The molecular weight excluding hydrogens is 564 g/mol. The first-order valence-corrected chi connectivity index (χ1v) is 13.4.